The summed E-state index contributed by atoms with van der Waals surface area (Å²) in [6, 6.07) is 17.5. The molecular weight excluding hydrogens is 619 g/mol. The van der Waals surface area contributed by atoms with Crippen molar-refractivity contribution in [3.8, 4) is 17.3 Å². The fraction of sp³-hybridized carbons (Fsp3) is 0.294. The lowest BCUT2D eigenvalue weighted by Gasteiger charge is -2.26. The van der Waals surface area contributed by atoms with Gasteiger partial charge in [0.2, 0.25) is 11.7 Å². The second-order valence-electron chi connectivity index (χ2n) is 12.6. The molecule has 0 aliphatic carbocycles. The number of hydrogen-bond donors (Lipinski definition) is 1. The summed E-state index contributed by atoms with van der Waals surface area (Å²) in [6.07, 6.45) is 2.90. The summed E-state index contributed by atoms with van der Waals surface area (Å²) < 4.78 is 34.3. The average Bonchev–Trinajstić information content (AvgIpc) is 3.63. The summed E-state index contributed by atoms with van der Waals surface area (Å²) in [5.74, 6) is -0.558. The van der Waals surface area contributed by atoms with E-state index in [2.05, 4.69) is 29.7 Å². The van der Waals surface area contributed by atoms with Crippen molar-refractivity contribution in [2.75, 3.05) is 38.6 Å². The number of morpholine rings is 1. The molecule has 3 aromatic heterocycles. The van der Waals surface area contributed by atoms with Crippen LogP contribution in [0.15, 0.2) is 73.1 Å². The highest BCUT2D eigenvalue weighted by Crippen LogP contribution is 2.28. The Morgan fingerprint density at radius 2 is 1.81 bits per heavy atom. The normalized spacial score (nSPS) is 13.7. The maximum absolute atomic E-state index is 14.1. The molecule has 0 bridgehead atoms. The molecule has 11 nitrogen and oxygen atoms in total. The van der Waals surface area contributed by atoms with E-state index < -0.39 is 13.9 Å². The van der Waals surface area contributed by atoms with E-state index in [1.165, 1.54) is 29.2 Å². The van der Waals surface area contributed by atoms with Crippen molar-refractivity contribution in [3.05, 3.63) is 95.7 Å². The number of halogens is 1. The molecule has 1 amide bonds. The molecule has 13 heteroatoms. The van der Waals surface area contributed by atoms with E-state index in [-0.39, 0.29) is 41.4 Å². The zero-order chi connectivity index (χ0) is 33.1. The molecule has 0 saturated carbocycles. The zero-order valence-electron chi connectivity index (χ0n) is 26.6. The standard InChI is InChI=1S/C34H37FN6O5Si/c1-47(2,3)17-16-45-22-40-28-10-8-23(34(43)39-12-14-44-15-13-39)18-24(28)19-29(40)32(42)26-21-38-41(33(26)36)25-9-11-31(37-20-25)46-30-7-5-4-6-27(30)35/h4-11,18-21H,12-17,22,36H2,1-3H3. The maximum Gasteiger partial charge on any atom is 0.254 e. The molecule has 1 aliphatic rings. The molecule has 5 aromatic rings. The van der Waals surface area contributed by atoms with Crippen LogP contribution in [0.4, 0.5) is 10.2 Å². The molecule has 6 rings (SSSR count). The highest BCUT2D eigenvalue weighted by atomic mass is 28.3. The van der Waals surface area contributed by atoms with Gasteiger partial charge < -0.3 is 29.4 Å². The number of anilines is 1. The first kappa shape index (κ1) is 32.1. The van der Waals surface area contributed by atoms with Crippen LogP contribution < -0.4 is 10.5 Å². The van der Waals surface area contributed by atoms with Gasteiger partial charge in [-0.3, -0.25) is 9.59 Å². The highest BCUT2D eigenvalue weighted by Gasteiger charge is 2.25. The van der Waals surface area contributed by atoms with Gasteiger partial charge in [0.1, 0.15) is 12.5 Å². The van der Waals surface area contributed by atoms with E-state index in [0.717, 1.165) is 16.9 Å². The first-order valence-electron chi connectivity index (χ1n) is 15.4. The summed E-state index contributed by atoms with van der Waals surface area (Å²) in [5, 5.41) is 5.11. The van der Waals surface area contributed by atoms with E-state index in [9.17, 15) is 14.0 Å². The lowest BCUT2D eigenvalue weighted by molar-refractivity contribution is 0.0303. The molecule has 2 N–H and O–H groups in total. The van der Waals surface area contributed by atoms with Gasteiger partial charge in [0, 0.05) is 44.8 Å². The van der Waals surface area contributed by atoms with Crippen LogP contribution in [0.25, 0.3) is 16.6 Å². The Kier molecular flexibility index (Phi) is 9.21. The topological polar surface area (TPSA) is 127 Å². The summed E-state index contributed by atoms with van der Waals surface area (Å²) >= 11 is 0. The first-order valence-corrected chi connectivity index (χ1v) is 19.1. The van der Waals surface area contributed by atoms with Crippen molar-refractivity contribution < 1.29 is 28.2 Å². The number of nitrogen functional groups attached to an aromatic ring is 1. The number of aromatic nitrogens is 4. The van der Waals surface area contributed by atoms with Crippen molar-refractivity contribution in [2.24, 2.45) is 0 Å². The molecular formula is C34H37FN6O5Si. The number of rotatable bonds is 11. The van der Waals surface area contributed by atoms with Crippen molar-refractivity contribution in [1.82, 2.24) is 24.2 Å². The van der Waals surface area contributed by atoms with Crippen LogP contribution in [0.1, 0.15) is 26.4 Å². The fourth-order valence-corrected chi connectivity index (χ4v) is 6.05. The Morgan fingerprint density at radius 1 is 1.02 bits per heavy atom. The third-order valence-electron chi connectivity index (χ3n) is 7.96. The monoisotopic (exact) mass is 656 g/mol. The number of carbonyl (C=O) groups excluding carboxylic acids is 2. The van der Waals surface area contributed by atoms with Crippen molar-refractivity contribution in [3.63, 3.8) is 0 Å². The van der Waals surface area contributed by atoms with Crippen LogP contribution >= 0.6 is 0 Å². The van der Waals surface area contributed by atoms with Gasteiger partial charge in [0.15, 0.2) is 11.6 Å². The third kappa shape index (κ3) is 7.11. The smallest absolute Gasteiger partial charge is 0.254 e. The maximum atomic E-state index is 14.1. The van der Waals surface area contributed by atoms with E-state index in [1.54, 1.807) is 41.3 Å². The molecule has 2 aromatic carbocycles. The second-order valence-corrected chi connectivity index (χ2v) is 18.2. The van der Waals surface area contributed by atoms with Gasteiger partial charge in [0.25, 0.3) is 5.91 Å². The number of benzene rings is 2. The summed E-state index contributed by atoms with van der Waals surface area (Å²) in [5.41, 5.74) is 8.85. The van der Waals surface area contributed by atoms with E-state index in [0.29, 0.717) is 49.9 Å². The minimum atomic E-state index is -1.33. The number of amides is 1. The van der Waals surface area contributed by atoms with Crippen LogP contribution in [-0.4, -0.2) is 76.9 Å². The largest absolute Gasteiger partial charge is 0.436 e. The second kappa shape index (κ2) is 13.5. The number of carbonyl (C=O) groups is 2. The number of hydrogen-bond acceptors (Lipinski definition) is 8. The Labute approximate surface area is 272 Å². The number of ether oxygens (including phenoxy) is 3. The van der Waals surface area contributed by atoms with Gasteiger partial charge in [-0.2, -0.15) is 5.10 Å². The molecule has 1 saturated heterocycles. The van der Waals surface area contributed by atoms with E-state index >= 15 is 0 Å². The van der Waals surface area contributed by atoms with E-state index in [4.69, 9.17) is 19.9 Å². The Morgan fingerprint density at radius 3 is 2.53 bits per heavy atom. The summed E-state index contributed by atoms with van der Waals surface area (Å²) in [4.78, 5) is 33.3. The first-order chi connectivity index (χ1) is 22.6. The minimum absolute atomic E-state index is 0.0525. The highest BCUT2D eigenvalue weighted by molar-refractivity contribution is 6.76. The molecule has 244 valence electrons. The average molecular weight is 657 g/mol. The Balaban J connectivity index is 1.28. The number of nitrogens with zero attached hydrogens (tertiary/aromatic N) is 5. The van der Waals surface area contributed by atoms with Gasteiger partial charge in [-0.05, 0) is 48.5 Å². The van der Waals surface area contributed by atoms with Crippen molar-refractivity contribution >= 4 is 36.5 Å². The number of para-hydroxylation sites is 1. The number of nitrogens with two attached hydrogens (primary N) is 1. The number of ketones is 1. The SMILES string of the molecule is C[Si](C)(C)CCOCn1c(C(=O)c2cnn(-c3ccc(Oc4ccccc4F)nc3)c2N)cc2cc(C(=O)N3CCOCC3)ccc21. The Hall–Kier alpha value is -4.85. The van der Waals surface area contributed by atoms with Crippen molar-refractivity contribution in [1.29, 1.82) is 0 Å². The van der Waals surface area contributed by atoms with Crippen LogP contribution in [0.3, 0.4) is 0 Å². The molecule has 0 spiro atoms. The molecule has 0 atom stereocenters. The number of fused-ring (bicyclic) bond motifs is 1. The molecule has 0 unspecified atom stereocenters. The lowest BCUT2D eigenvalue weighted by Crippen LogP contribution is -2.40. The number of pyridine rings is 1. The molecule has 1 fully saturated rings. The summed E-state index contributed by atoms with van der Waals surface area (Å²) in [7, 11) is -1.33. The minimum Gasteiger partial charge on any atom is -0.436 e. The van der Waals surface area contributed by atoms with Gasteiger partial charge in [-0.25, -0.2) is 14.1 Å². The quantitative estimate of drug-likeness (QED) is 0.108. The van der Waals surface area contributed by atoms with Crippen molar-refractivity contribution in [2.45, 2.75) is 32.4 Å². The van der Waals surface area contributed by atoms with E-state index in [1.807, 2.05) is 16.7 Å². The summed E-state index contributed by atoms with van der Waals surface area (Å²) in [6.45, 7) is 9.66. The van der Waals surface area contributed by atoms with Gasteiger partial charge in [-0.15, -0.1) is 0 Å². The van der Waals surface area contributed by atoms with Crippen LogP contribution in [0, 0.1) is 5.82 Å². The predicted molar refractivity (Wildman–Crippen MR) is 178 cm³/mol. The third-order valence-corrected chi connectivity index (χ3v) is 9.67. The van der Waals surface area contributed by atoms with Gasteiger partial charge in [0.05, 0.1) is 48.1 Å². The fourth-order valence-electron chi connectivity index (χ4n) is 5.29. The van der Waals surface area contributed by atoms with Crippen LogP contribution in [0.5, 0.6) is 11.6 Å². The molecule has 0 radical (unpaired) electrons. The Bertz CT molecular complexity index is 1910. The lowest BCUT2D eigenvalue weighted by atomic mass is 10.1. The molecule has 47 heavy (non-hydrogen) atoms. The van der Waals surface area contributed by atoms with Gasteiger partial charge >= 0.3 is 0 Å². The molecule has 4 heterocycles. The van der Waals surface area contributed by atoms with Crippen LogP contribution in [0.2, 0.25) is 25.7 Å². The van der Waals surface area contributed by atoms with Gasteiger partial charge in [-0.1, -0.05) is 31.8 Å². The predicted octanol–water partition coefficient (Wildman–Crippen LogP) is 5.75. The molecule has 1 aliphatic heterocycles. The van der Waals surface area contributed by atoms with Crippen LogP contribution in [-0.2, 0) is 16.2 Å². The zero-order valence-corrected chi connectivity index (χ0v) is 27.6.